The zero-order valence-corrected chi connectivity index (χ0v) is 12.9. The van der Waals surface area contributed by atoms with Crippen LogP contribution >= 0.6 is 11.3 Å². The minimum Gasteiger partial charge on any atom is -0.338 e. The standard InChI is InChI=1S/C14H19N3OS/c1-6-17(7-2)14(18)12-8(3)11-9(4)15-10(5)16-13(11)19-12/h6-7H2,1-5H3. The Morgan fingerprint density at radius 1 is 1.16 bits per heavy atom. The van der Waals surface area contributed by atoms with E-state index in [0.29, 0.717) is 0 Å². The van der Waals surface area contributed by atoms with Crippen LogP contribution in [-0.2, 0) is 0 Å². The van der Waals surface area contributed by atoms with Crippen molar-refractivity contribution in [2.24, 2.45) is 0 Å². The van der Waals surface area contributed by atoms with Crippen molar-refractivity contribution in [2.75, 3.05) is 13.1 Å². The van der Waals surface area contributed by atoms with Gasteiger partial charge in [-0.15, -0.1) is 11.3 Å². The first-order valence-electron chi connectivity index (χ1n) is 6.53. The molecule has 0 aliphatic rings. The number of carbonyl (C=O) groups is 1. The Balaban J connectivity index is 2.60. The normalized spacial score (nSPS) is 11.0. The fourth-order valence-electron chi connectivity index (χ4n) is 2.33. The molecule has 0 atom stereocenters. The summed E-state index contributed by atoms with van der Waals surface area (Å²) in [6, 6.07) is 0. The lowest BCUT2D eigenvalue weighted by atomic mass is 10.1. The van der Waals surface area contributed by atoms with Crippen LogP contribution in [0, 0.1) is 20.8 Å². The van der Waals surface area contributed by atoms with Gasteiger partial charge in [0.1, 0.15) is 10.7 Å². The largest absolute Gasteiger partial charge is 0.338 e. The number of rotatable bonds is 3. The molecule has 0 fully saturated rings. The Bertz CT molecular complexity index is 629. The number of thiophene rings is 1. The lowest BCUT2D eigenvalue weighted by Crippen LogP contribution is -2.30. The number of hydrogen-bond donors (Lipinski definition) is 0. The van der Waals surface area contributed by atoms with E-state index in [1.807, 2.05) is 39.5 Å². The van der Waals surface area contributed by atoms with Gasteiger partial charge in [-0.2, -0.15) is 0 Å². The van der Waals surface area contributed by atoms with Crippen LogP contribution in [-0.4, -0.2) is 33.9 Å². The number of hydrogen-bond acceptors (Lipinski definition) is 4. The highest BCUT2D eigenvalue weighted by Crippen LogP contribution is 2.31. The van der Waals surface area contributed by atoms with Crippen LogP contribution < -0.4 is 0 Å². The van der Waals surface area contributed by atoms with Crippen molar-refractivity contribution in [2.45, 2.75) is 34.6 Å². The number of fused-ring (bicyclic) bond motifs is 1. The lowest BCUT2D eigenvalue weighted by Gasteiger charge is -2.17. The van der Waals surface area contributed by atoms with Crippen LogP contribution in [0.25, 0.3) is 10.2 Å². The van der Waals surface area contributed by atoms with Gasteiger partial charge in [0.05, 0.1) is 4.88 Å². The summed E-state index contributed by atoms with van der Waals surface area (Å²) in [5.74, 6) is 0.857. The van der Waals surface area contributed by atoms with E-state index in [9.17, 15) is 4.79 Å². The molecular weight excluding hydrogens is 258 g/mol. The van der Waals surface area contributed by atoms with Gasteiger partial charge in [-0.3, -0.25) is 4.79 Å². The molecule has 4 nitrogen and oxygen atoms in total. The lowest BCUT2D eigenvalue weighted by molar-refractivity contribution is 0.0777. The molecule has 0 bridgehead atoms. The first-order valence-corrected chi connectivity index (χ1v) is 7.34. The van der Waals surface area contributed by atoms with Gasteiger partial charge in [0, 0.05) is 24.2 Å². The van der Waals surface area contributed by atoms with Crippen molar-refractivity contribution in [3.05, 3.63) is 22.0 Å². The van der Waals surface area contributed by atoms with E-state index in [1.54, 1.807) is 0 Å². The maximum atomic E-state index is 12.5. The van der Waals surface area contributed by atoms with Gasteiger partial charge in [-0.25, -0.2) is 9.97 Å². The number of nitrogens with zero attached hydrogens (tertiary/aromatic N) is 3. The maximum absolute atomic E-state index is 12.5. The number of amides is 1. The predicted octanol–water partition coefficient (Wildman–Crippen LogP) is 3.10. The Labute approximate surface area is 117 Å². The molecule has 2 heterocycles. The monoisotopic (exact) mass is 277 g/mol. The number of carbonyl (C=O) groups excluding carboxylic acids is 1. The molecule has 0 aliphatic carbocycles. The summed E-state index contributed by atoms with van der Waals surface area (Å²) in [7, 11) is 0. The van der Waals surface area contributed by atoms with Crippen molar-refractivity contribution < 1.29 is 4.79 Å². The molecule has 102 valence electrons. The van der Waals surface area contributed by atoms with E-state index in [2.05, 4.69) is 9.97 Å². The van der Waals surface area contributed by atoms with Gasteiger partial charge in [0.2, 0.25) is 0 Å². The molecule has 0 spiro atoms. The molecule has 2 rings (SSSR count). The molecular formula is C14H19N3OS. The van der Waals surface area contributed by atoms with Crippen molar-refractivity contribution in [3.8, 4) is 0 Å². The second kappa shape index (κ2) is 5.25. The van der Waals surface area contributed by atoms with Crippen LogP contribution in [0.4, 0.5) is 0 Å². The van der Waals surface area contributed by atoms with E-state index in [-0.39, 0.29) is 5.91 Å². The number of aryl methyl sites for hydroxylation is 3. The highest BCUT2D eigenvalue weighted by atomic mass is 32.1. The van der Waals surface area contributed by atoms with Crippen LogP contribution in [0.15, 0.2) is 0 Å². The summed E-state index contributed by atoms with van der Waals surface area (Å²) in [4.78, 5) is 24.9. The molecule has 5 heteroatoms. The summed E-state index contributed by atoms with van der Waals surface area (Å²) in [6.07, 6.45) is 0. The quantitative estimate of drug-likeness (QED) is 0.866. The fraction of sp³-hybridized carbons (Fsp3) is 0.500. The smallest absolute Gasteiger partial charge is 0.264 e. The highest BCUT2D eigenvalue weighted by molar-refractivity contribution is 7.20. The fourth-order valence-corrected chi connectivity index (χ4v) is 3.58. The van der Waals surface area contributed by atoms with Crippen molar-refractivity contribution in [1.29, 1.82) is 0 Å². The third kappa shape index (κ3) is 2.34. The third-order valence-corrected chi connectivity index (χ3v) is 4.50. The highest BCUT2D eigenvalue weighted by Gasteiger charge is 2.21. The Hall–Kier alpha value is -1.49. The van der Waals surface area contributed by atoms with Gasteiger partial charge in [-0.05, 0) is 40.2 Å². The maximum Gasteiger partial charge on any atom is 0.264 e. The summed E-state index contributed by atoms with van der Waals surface area (Å²) < 4.78 is 0. The van der Waals surface area contributed by atoms with Crippen LogP contribution in [0.1, 0.15) is 40.6 Å². The molecule has 0 aliphatic heterocycles. The molecule has 0 N–H and O–H groups in total. The zero-order valence-electron chi connectivity index (χ0n) is 12.1. The summed E-state index contributed by atoms with van der Waals surface area (Å²) >= 11 is 1.48. The third-order valence-electron chi connectivity index (χ3n) is 3.33. The molecule has 0 saturated carbocycles. The first kappa shape index (κ1) is 13.9. The molecule has 0 aromatic carbocycles. The summed E-state index contributed by atoms with van der Waals surface area (Å²) in [5.41, 5.74) is 1.96. The van der Waals surface area contributed by atoms with Crippen molar-refractivity contribution >= 4 is 27.5 Å². The molecule has 0 radical (unpaired) electrons. The van der Waals surface area contributed by atoms with Gasteiger partial charge >= 0.3 is 0 Å². The van der Waals surface area contributed by atoms with E-state index in [4.69, 9.17) is 0 Å². The molecule has 2 aromatic heterocycles. The second-order valence-corrected chi connectivity index (χ2v) is 5.57. The van der Waals surface area contributed by atoms with Crippen molar-refractivity contribution in [3.63, 3.8) is 0 Å². The summed E-state index contributed by atoms with van der Waals surface area (Å²) in [5, 5.41) is 1.03. The van der Waals surface area contributed by atoms with Crippen molar-refractivity contribution in [1.82, 2.24) is 14.9 Å². The van der Waals surface area contributed by atoms with Crippen LogP contribution in [0.3, 0.4) is 0 Å². The first-order chi connectivity index (χ1) is 8.99. The molecule has 1 amide bonds. The van der Waals surface area contributed by atoms with E-state index < -0.39 is 0 Å². The van der Waals surface area contributed by atoms with Crippen LogP contribution in [0.5, 0.6) is 0 Å². The van der Waals surface area contributed by atoms with Gasteiger partial charge in [0.25, 0.3) is 5.91 Å². The Morgan fingerprint density at radius 3 is 2.37 bits per heavy atom. The average Bonchev–Trinajstić information content (AvgIpc) is 2.67. The van der Waals surface area contributed by atoms with E-state index in [0.717, 1.165) is 45.3 Å². The number of aromatic nitrogens is 2. The van der Waals surface area contributed by atoms with E-state index in [1.165, 1.54) is 11.3 Å². The van der Waals surface area contributed by atoms with Gasteiger partial charge in [0.15, 0.2) is 0 Å². The minimum atomic E-state index is 0.0996. The molecule has 0 saturated heterocycles. The molecule has 2 aromatic rings. The van der Waals surface area contributed by atoms with Gasteiger partial charge in [-0.1, -0.05) is 0 Å². The van der Waals surface area contributed by atoms with Crippen LogP contribution in [0.2, 0.25) is 0 Å². The van der Waals surface area contributed by atoms with Gasteiger partial charge < -0.3 is 4.90 Å². The van der Waals surface area contributed by atoms with E-state index >= 15 is 0 Å². The molecule has 19 heavy (non-hydrogen) atoms. The topological polar surface area (TPSA) is 46.1 Å². The molecule has 0 unspecified atom stereocenters. The Kier molecular flexibility index (Phi) is 3.85. The Morgan fingerprint density at radius 2 is 1.79 bits per heavy atom. The minimum absolute atomic E-state index is 0.0996. The predicted molar refractivity (Wildman–Crippen MR) is 78.9 cm³/mol. The zero-order chi connectivity index (χ0) is 14.2. The average molecular weight is 277 g/mol. The SMILES string of the molecule is CCN(CC)C(=O)c1sc2nc(C)nc(C)c2c1C. The summed E-state index contributed by atoms with van der Waals surface area (Å²) in [6.45, 7) is 11.3. The second-order valence-electron chi connectivity index (χ2n) is 4.57.